The molecule has 0 atom stereocenters. The monoisotopic (exact) mass is 662 g/mol. The number of aromatic carboxylic acids is 2. The van der Waals surface area contributed by atoms with E-state index in [0.29, 0.717) is 0 Å². The Morgan fingerprint density at radius 1 is 0.489 bits per heavy atom. The van der Waals surface area contributed by atoms with Crippen LogP contribution in [-0.4, -0.2) is 48.8 Å². The first-order valence-corrected chi connectivity index (χ1v) is 14.7. The molecule has 0 aliphatic carbocycles. The van der Waals surface area contributed by atoms with E-state index >= 15 is 0 Å². The second-order valence-corrected chi connectivity index (χ2v) is 8.92. The molecule has 4 rings (SSSR count). The number of carboxylic acid groups (broad SMARTS) is 2. The van der Waals surface area contributed by atoms with E-state index in [0.717, 1.165) is 48.3 Å². The summed E-state index contributed by atoms with van der Waals surface area (Å²) in [5.74, 6) is 0.0533. The van der Waals surface area contributed by atoms with Gasteiger partial charge >= 0.3 is 11.9 Å². The number of aliphatic hydroxyl groups is 2. The maximum Gasteiger partial charge on any atom is 0.335 e. The second-order valence-electron chi connectivity index (χ2n) is 8.92. The van der Waals surface area contributed by atoms with Gasteiger partial charge in [0.25, 0.3) is 0 Å². The zero-order chi connectivity index (χ0) is 32.6. The highest BCUT2D eigenvalue weighted by Crippen LogP contribution is 2.08. The van der Waals surface area contributed by atoms with Crippen molar-refractivity contribution in [2.24, 2.45) is 0 Å². The van der Waals surface area contributed by atoms with Gasteiger partial charge in [-0.2, -0.15) is 0 Å². The summed E-state index contributed by atoms with van der Waals surface area (Å²) in [5, 5.41) is 34.2. The highest BCUT2D eigenvalue weighted by Gasteiger charge is 2.05. The fourth-order valence-corrected chi connectivity index (χ4v) is 3.32. The summed E-state index contributed by atoms with van der Waals surface area (Å²) >= 11 is 0. The van der Waals surface area contributed by atoms with E-state index < -0.39 is 11.9 Å². The number of hydrogen-bond acceptors (Lipinski definition) is 5. The van der Waals surface area contributed by atoms with Gasteiger partial charge in [0.15, 0.2) is 0 Å². The Morgan fingerprint density at radius 3 is 0.915 bits per heavy atom. The van der Waals surface area contributed by atoms with Gasteiger partial charge in [0, 0.05) is 12.8 Å². The Labute approximate surface area is 280 Å². The standard InChI is InChI=1S/C10H14.C8H6O4.C8H10O2.C8H12O.C2H6.CH4.3H2O/c1-3-9-5-7-10(4-2)8-6-9;9-7(10)5-1-2-6(4-3-5)8(11)12;9-5-7-1-2-8(6-10)4-3-7;1-3-7-5-6-8(4-2)9-7;1-2;;;;/h5-8H,3-4H2,1-2H3;1-4H,(H,9,10)(H,11,12);1-4,9-10H,5-6H2;5-6H,3-4H2,1-2H3;1-2H3;1H4;3*1H2. The molecule has 266 valence electrons. The molecule has 4 aromatic rings. The molecule has 0 saturated heterocycles. The number of aliphatic hydroxyl groups excluding tert-OH is 2. The Kier molecular flexibility index (Phi) is 35.2. The minimum Gasteiger partial charge on any atom is -0.478 e. The van der Waals surface area contributed by atoms with Crippen molar-refractivity contribution in [1.82, 2.24) is 0 Å². The van der Waals surface area contributed by atoms with Crippen LogP contribution in [0.5, 0.6) is 0 Å². The Balaban J connectivity index is -0.000000160. The molecule has 10 heteroatoms. The van der Waals surface area contributed by atoms with Crippen LogP contribution in [-0.2, 0) is 38.9 Å². The molecular weight excluding hydrogens is 604 g/mol. The number of furan rings is 1. The number of rotatable bonds is 8. The maximum absolute atomic E-state index is 10.3. The first kappa shape index (κ1) is 52.2. The van der Waals surface area contributed by atoms with Crippen molar-refractivity contribution in [3.8, 4) is 0 Å². The summed E-state index contributed by atoms with van der Waals surface area (Å²) in [6.07, 6.45) is 4.29. The van der Waals surface area contributed by atoms with Gasteiger partial charge in [-0.05, 0) is 71.5 Å². The molecule has 0 fully saturated rings. The van der Waals surface area contributed by atoms with E-state index in [4.69, 9.17) is 24.8 Å². The average Bonchev–Trinajstić information content (AvgIpc) is 3.55. The molecule has 0 bridgehead atoms. The zero-order valence-electron chi connectivity index (χ0n) is 27.8. The fourth-order valence-electron chi connectivity index (χ4n) is 3.32. The van der Waals surface area contributed by atoms with Gasteiger partial charge in [-0.15, -0.1) is 0 Å². The first-order valence-electron chi connectivity index (χ1n) is 14.7. The third-order valence-electron chi connectivity index (χ3n) is 6.02. The lowest BCUT2D eigenvalue weighted by molar-refractivity contribution is 0.0681. The Hall–Kier alpha value is -4.32. The molecule has 10 N–H and O–H groups in total. The second kappa shape index (κ2) is 31.7. The van der Waals surface area contributed by atoms with Gasteiger partial charge in [-0.25, -0.2) is 9.59 Å². The number of aryl methyl sites for hydroxylation is 4. The van der Waals surface area contributed by atoms with E-state index in [2.05, 4.69) is 52.0 Å². The predicted octanol–water partition coefficient (Wildman–Crippen LogP) is 6.16. The maximum atomic E-state index is 10.3. The summed E-state index contributed by atoms with van der Waals surface area (Å²) in [7, 11) is 0. The number of hydrogen-bond donors (Lipinski definition) is 4. The molecule has 10 nitrogen and oxygen atoms in total. The molecule has 0 saturated carbocycles. The number of benzene rings is 3. The minimum atomic E-state index is -1.06. The van der Waals surface area contributed by atoms with Gasteiger partial charge < -0.3 is 41.3 Å². The quantitative estimate of drug-likeness (QED) is 0.172. The van der Waals surface area contributed by atoms with Crippen LogP contribution in [0.15, 0.2) is 89.3 Å². The third kappa shape index (κ3) is 21.9. The van der Waals surface area contributed by atoms with E-state index in [9.17, 15) is 9.59 Å². The molecule has 0 aliphatic rings. The van der Waals surface area contributed by atoms with Crippen LogP contribution in [0.2, 0.25) is 0 Å². The lowest BCUT2D eigenvalue weighted by Crippen LogP contribution is -1.99. The SMILES string of the molecule is C.CC.CCc1ccc(CC)cc1.CCc1ccc(CC)o1.O.O.O.O=C(O)c1ccc(C(=O)O)cc1.OCc1ccc(CO)cc1. The van der Waals surface area contributed by atoms with Crippen molar-refractivity contribution in [2.75, 3.05) is 0 Å². The summed E-state index contributed by atoms with van der Waals surface area (Å²) in [6, 6.07) is 25.1. The first-order chi connectivity index (χ1) is 20.7. The van der Waals surface area contributed by atoms with Gasteiger partial charge in [-0.3, -0.25) is 0 Å². The summed E-state index contributed by atoms with van der Waals surface area (Å²) in [5.41, 5.74) is 4.77. The molecule has 0 spiro atoms. The van der Waals surface area contributed by atoms with Crippen LogP contribution >= 0.6 is 0 Å². The van der Waals surface area contributed by atoms with E-state index in [-0.39, 0.29) is 48.2 Å². The molecule has 0 unspecified atom stereocenters. The summed E-state index contributed by atoms with van der Waals surface area (Å²) in [6.45, 7) is 12.7. The number of carboxylic acids is 2. The molecule has 3 aromatic carbocycles. The molecule has 0 amide bonds. The van der Waals surface area contributed by atoms with Crippen LogP contribution in [0.4, 0.5) is 0 Å². The molecule has 0 aliphatic heterocycles. The van der Waals surface area contributed by atoms with Gasteiger partial charge in [-0.1, -0.05) is 97.5 Å². The molecular formula is C37H58O10. The molecule has 1 heterocycles. The largest absolute Gasteiger partial charge is 0.478 e. The van der Waals surface area contributed by atoms with Crippen LogP contribution in [0.3, 0.4) is 0 Å². The van der Waals surface area contributed by atoms with Crippen LogP contribution in [0, 0.1) is 0 Å². The average molecular weight is 663 g/mol. The zero-order valence-corrected chi connectivity index (χ0v) is 27.8. The lowest BCUT2D eigenvalue weighted by atomic mass is 10.1. The van der Waals surface area contributed by atoms with Crippen molar-refractivity contribution < 1.29 is 50.9 Å². The molecule has 0 radical (unpaired) electrons. The van der Waals surface area contributed by atoms with Gasteiger partial charge in [0.05, 0.1) is 24.3 Å². The summed E-state index contributed by atoms with van der Waals surface area (Å²) in [4.78, 5) is 20.7. The highest BCUT2D eigenvalue weighted by molar-refractivity contribution is 5.91. The van der Waals surface area contributed by atoms with Crippen molar-refractivity contribution in [3.05, 3.63) is 130 Å². The van der Waals surface area contributed by atoms with E-state index in [1.807, 2.05) is 26.0 Å². The highest BCUT2D eigenvalue weighted by atomic mass is 16.4. The summed E-state index contributed by atoms with van der Waals surface area (Å²) < 4.78 is 5.38. The minimum absolute atomic E-state index is 0. The topological polar surface area (TPSA) is 223 Å². The smallest absolute Gasteiger partial charge is 0.335 e. The number of carbonyl (C=O) groups is 2. The van der Waals surface area contributed by atoms with Crippen molar-refractivity contribution >= 4 is 11.9 Å². The van der Waals surface area contributed by atoms with Crippen LogP contribution in [0.1, 0.15) is 103 Å². The third-order valence-corrected chi connectivity index (χ3v) is 6.02. The van der Waals surface area contributed by atoms with E-state index in [1.54, 1.807) is 24.3 Å². The van der Waals surface area contributed by atoms with Crippen molar-refractivity contribution in [2.45, 2.75) is 87.9 Å². The van der Waals surface area contributed by atoms with Crippen molar-refractivity contribution in [1.29, 1.82) is 0 Å². The predicted molar refractivity (Wildman–Crippen MR) is 190 cm³/mol. The van der Waals surface area contributed by atoms with Gasteiger partial charge in [0.2, 0.25) is 0 Å². The molecule has 47 heavy (non-hydrogen) atoms. The normalized spacial score (nSPS) is 8.60. The van der Waals surface area contributed by atoms with Crippen LogP contribution < -0.4 is 0 Å². The Morgan fingerprint density at radius 2 is 0.745 bits per heavy atom. The fraction of sp³-hybridized carbons (Fsp3) is 0.351. The van der Waals surface area contributed by atoms with Gasteiger partial charge in [0.1, 0.15) is 11.5 Å². The van der Waals surface area contributed by atoms with E-state index in [1.165, 1.54) is 35.4 Å². The van der Waals surface area contributed by atoms with Crippen molar-refractivity contribution in [3.63, 3.8) is 0 Å². The van der Waals surface area contributed by atoms with Crippen LogP contribution in [0.25, 0.3) is 0 Å². The Bertz CT molecular complexity index is 1140. The molecule has 1 aromatic heterocycles. The lowest BCUT2D eigenvalue weighted by Gasteiger charge is -1.97.